The topological polar surface area (TPSA) is 36.5 Å². The van der Waals surface area contributed by atoms with Crippen LogP contribution in [0.5, 0.6) is 5.75 Å². The molecule has 4 nitrogen and oxygen atoms in total. The lowest BCUT2D eigenvalue weighted by Gasteiger charge is -2.28. The van der Waals surface area contributed by atoms with E-state index in [4.69, 9.17) is 17.0 Å². The van der Waals surface area contributed by atoms with Gasteiger partial charge in [0.25, 0.3) is 0 Å². The van der Waals surface area contributed by atoms with Crippen LogP contribution >= 0.6 is 12.2 Å². The number of likely N-dealkylation sites (N-methyl/N-ethyl adjacent to an activating group) is 1. The highest BCUT2D eigenvalue weighted by Gasteiger charge is 2.17. The zero-order valence-electron chi connectivity index (χ0n) is 14.5. The van der Waals surface area contributed by atoms with Gasteiger partial charge in [-0.05, 0) is 56.9 Å². The minimum absolute atomic E-state index is 0.270. The predicted molar refractivity (Wildman–Crippen MR) is 100 cm³/mol. The number of thiocarbonyl (C=S) groups is 1. The van der Waals surface area contributed by atoms with Gasteiger partial charge >= 0.3 is 0 Å². The Bertz CT molecular complexity index is 484. The molecule has 0 aliphatic heterocycles. The summed E-state index contributed by atoms with van der Waals surface area (Å²) in [7, 11) is 5.87. The summed E-state index contributed by atoms with van der Waals surface area (Å²) in [5.74, 6) is 0.883. The van der Waals surface area contributed by atoms with Crippen molar-refractivity contribution in [1.29, 1.82) is 0 Å². The predicted octanol–water partition coefficient (Wildman–Crippen LogP) is 3.09. The van der Waals surface area contributed by atoms with E-state index < -0.39 is 0 Å². The Kier molecular flexibility index (Phi) is 7.12. The molecule has 1 aliphatic carbocycles. The van der Waals surface area contributed by atoms with Crippen molar-refractivity contribution < 1.29 is 4.74 Å². The first-order valence-electron chi connectivity index (χ1n) is 8.45. The van der Waals surface area contributed by atoms with Crippen LogP contribution in [-0.4, -0.2) is 43.8 Å². The summed E-state index contributed by atoms with van der Waals surface area (Å²) >= 11 is 5.47. The van der Waals surface area contributed by atoms with Crippen LogP contribution in [0.15, 0.2) is 24.3 Å². The third-order valence-electron chi connectivity index (χ3n) is 4.52. The molecule has 1 aromatic carbocycles. The van der Waals surface area contributed by atoms with Crippen molar-refractivity contribution in [2.24, 2.45) is 0 Å². The zero-order chi connectivity index (χ0) is 16.7. The van der Waals surface area contributed by atoms with Gasteiger partial charge in [0, 0.05) is 12.6 Å². The summed E-state index contributed by atoms with van der Waals surface area (Å²) in [5.41, 5.74) is 1.25. The van der Waals surface area contributed by atoms with Crippen LogP contribution in [-0.2, 0) is 0 Å². The van der Waals surface area contributed by atoms with Gasteiger partial charge in [0.1, 0.15) is 5.75 Å². The number of benzene rings is 1. The Labute approximate surface area is 145 Å². The molecule has 0 bridgehead atoms. The molecular weight excluding hydrogens is 306 g/mol. The zero-order valence-corrected chi connectivity index (χ0v) is 15.3. The van der Waals surface area contributed by atoms with Crippen molar-refractivity contribution in [1.82, 2.24) is 15.5 Å². The fourth-order valence-corrected chi connectivity index (χ4v) is 3.35. The molecule has 1 fully saturated rings. The lowest BCUT2D eigenvalue weighted by molar-refractivity contribution is 0.297. The highest BCUT2D eigenvalue weighted by molar-refractivity contribution is 7.80. The molecule has 1 aromatic rings. The average molecular weight is 336 g/mol. The second kappa shape index (κ2) is 9.08. The second-order valence-corrected chi connectivity index (χ2v) is 6.85. The lowest BCUT2D eigenvalue weighted by atomic mass is 9.96. The van der Waals surface area contributed by atoms with E-state index in [1.807, 2.05) is 12.1 Å². The van der Waals surface area contributed by atoms with Crippen molar-refractivity contribution in [3.8, 4) is 5.75 Å². The number of nitrogens with zero attached hydrogens (tertiary/aromatic N) is 1. The summed E-state index contributed by atoms with van der Waals surface area (Å²) in [6.45, 7) is 0.790. The molecule has 2 N–H and O–H groups in total. The minimum atomic E-state index is 0.270. The van der Waals surface area contributed by atoms with E-state index in [2.05, 4.69) is 41.8 Å². The number of nitrogens with one attached hydrogen (secondary N) is 2. The van der Waals surface area contributed by atoms with Crippen LogP contribution in [0.1, 0.15) is 43.7 Å². The molecule has 0 radical (unpaired) electrons. The first kappa shape index (κ1) is 18.0. The van der Waals surface area contributed by atoms with Crippen molar-refractivity contribution >= 4 is 17.3 Å². The summed E-state index contributed by atoms with van der Waals surface area (Å²) in [6, 6.07) is 9.05. The third kappa shape index (κ3) is 5.66. The first-order valence-corrected chi connectivity index (χ1v) is 8.85. The number of hydrogen-bond acceptors (Lipinski definition) is 3. The summed E-state index contributed by atoms with van der Waals surface area (Å²) in [6.07, 6.45) is 6.45. The highest BCUT2D eigenvalue weighted by atomic mass is 32.1. The maximum atomic E-state index is 5.47. The summed E-state index contributed by atoms with van der Waals surface area (Å²) < 4.78 is 5.23. The van der Waals surface area contributed by atoms with Crippen LogP contribution in [0, 0.1) is 0 Å². The van der Waals surface area contributed by atoms with E-state index in [9.17, 15) is 0 Å². The molecular formula is C18H29N3OS. The van der Waals surface area contributed by atoms with E-state index in [-0.39, 0.29) is 6.04 Å². The Balaban J connectivity index is 1.87. The molecule has 1 aliphatic rings. The van der Waals surface area contributed by atoms with E-state index in [1.165, 1.54) is 37.7 Å². The monoisotopic (exact) mass is 335 g/mol. The Hall–Kier alpha value is -1.33. The highest BCUT2D eigenvalue weighted by Crippen LogP contribution is 2.21. The van der Waals surface area contributed by atoms with Gasteiger partial charge in [-0.3, -0.25) is 0 Å². The fraction of sp³-hybridized carbons (Fsp3) is 0.611. The largest absolute Gasteiger partial charge is 0.497 e. The average Bonchev–Trinajstić information content (AvgIpc) is 2.56. The quantitative estimate of drug-likeness (QED) is 0.781. The van der Waals surface area contributed by atoms with Crippen LogP contribution in [0.4, 0.5) is 0 Å². The van der Waals surface area contributed by atoms with E-state index in [0.717, 1.165) is 17.4 Å². The Morgan fingerprint density at radius 1 is 1.22 bits per heavy atom. The SMILES string of the molecule is COc1ccc([C@@H](CNC(=S)NC2CCCCC2)N(C)C)cc1. The van der Waals surface area contributed by atoms with Crippen LogP contribution in [0.2, 0.25) is 0 Å². The molecule has 0 saturated heterocycles. The first-order chi connectivity index (χ1) is 11.1. The van der Waals surface area contributed by atoms with Gasteiger partial charge in [-0.2, -0.15) is 0 Å². The van der Waals surface area contributed by atoms with Gasteiger partial charge < -0.3 is 20.3 Å². The number of ether oxygens (including phenoxy) is 1. The molecule has 23 heavy (non-hydrogen) atoms. The van der Waals surface area contributed by atoms with Gasteiger partial charge in [-0.1, -0.05) is 31.4 Å². The molecule has 2 rings (SSSR count). The van der Waals surface area contributed by atoms with Crippen molar-refractivity contribution in [3.63, 3.8) is 0 Å². The number of methoxy groups -OCH3 is 1. The standard InChI is InChI=1S/C18H29N3OS/c1-21(2)17(14-9-11-16(22-3)12-10-14)13-19-18(23)20-15-7-5-4-6-8-15/h9-12,15,17H,4-8,13H2,1-3H3,(H2,19,20,23)/t17-/m1/s1. The second-order valence-electron chi connectivity index (χ2n) is 6.44. The van der Waals surface area contributed by atoms with Gasteiger partial charge in [-0.15, -0.1) is 0 Å². The molecule has 1 saturated carbocycles. The third-order valence-corrected chi connectivity index (χ3v) is 4.78. The lowest BCUT2D eigenvalue weighted by Crippen LogP contribution is -2.45. The molecule has 0 spiro atoms. The fourth-order valence-electron chi connectivity index (χ4n) is 3.10. The van der Waals surface area contributed by atoms with Gasteiger partial charge in [-0.25, -0.2) is 0 Å². The molecule has 0 aromatic heterocycles. The van der Waals surface area contributed by atoms with Crippen molar-refractivity contribution in [2.45, 2.75) is 44.2 Å². The summed E-state index contributed by atoms with van der Waals surface area (Å²) in [4.78, 5) is 2.21. The molecule has 0 amide bonds. The number of rotatable bonds is 6. The molecule has 0 heterocycles. The Morgan fingerprint density at radius 2 is 1.87 bits per heavy atom. The van der Waals surface area contributed by atoms with Crippen molar-refractivity contribution in [3.05, 3.63) is 29.8 Å². The van der Waals surface area contributed by atoms with Gasteiger partial charge in [0.15, 0.2) is 5.11 Å². The Morgan fingerprint density at radius 3 is 2.43 bits per heavy atom. The van der Waals surface area contributed by atoms with E-state index >= 15 is 0 Å². The number of hydrogen-bond donors (Lipinski definition) is 2. The maximum Gasteiger partial charge on any atom is 0.166 e. The molecule has 5 heteroatoms. The smallest absolute Gasteiger partial charge is 0.166 e. The molecule has 128 valence electrons. The van der Waals surface area contributed by atoms with Crippen LogP contribution in [0.25, 0.3) is 0 Å². The van der Waals surface area contributed by atoms with Gasteiger partial charge in [0.2, 0.25) is 0 Å². The molecule has 0 unspecified atom stereocenters. The van der Waals surface area contributed by atoms with Crippen molar-refractivity contribution in [2.75, 3.05) is 27.7 Å². The normalized spacial score (nSPS) is 16.9. The van der Waals surface area contributed by atoms with E-state index in [0.29, 0.717) is 6.04 Å². The minimum Gasteiger partial charge on any atom is -0.497 e. The maximum absolute atomic E-state index is 5.47. The van der Waals surface area contributed by atoms with Gasteiger partial charge in [0.05, 0.1) is 13.2 Å². The van der Waals surface area contributed by atoms with E-state index in [1.54, 1.807) is 7.11 Å². The van der Waals surface area contributed by atoms with Crippen LogP contribution < -0.4 is 15.4 Å². The molecule has 1 atom stereocenters. The summed E-state index contributed by atoms with van der Waals surface area (Å²) in [5, 5.41) is 7.63. The van der Waals surface area contributed by atoms with Crippen LogP contribution in [0.3, 0.4) is 0 Å².